The summed E-state index contributed by atoms with van der Waals surface area (Å²) < 4.78 is 0. The fraction of sp³-hybridized carbons (Fsp3) is 0.235. The van der Waals surface area contributed by atoms with E-state index in [0.29, 0.717) is 5.56 Å². The zero-order valence-corrected chi connectivity index (χ0v) is 11.7. The van der Waals surface area contributed by atoms with Crippen LogP contribution in [-0.4, -0.2) is 24.1 Å². The van der Waals surface area contributed by atoms with Crippen molar-refractivity contribution in [2.45, 2.75) is 12.6 Å². The summed E-state index contributed by atoms with van der Waals surface area (Å²) in [5.74, 6) is 0. The van der Waals surface area contributed by atoms with Crippen molar-refractivity contribution in [1.82, 2.24) is 4.90 Å². The minimum Gasteiger partial charge on any atom is -0.392 e. The highest BCUT2D eigenvalue weighted by Gasteiger charge is 2.16. The van der Waals surface area contributed by atoms with Crippen molar-refractivity contribution in [3.8, 4) is 6.07 Å². The molecule has 3 heteroatoms. The lowest BCUT2D eigenvalue weighted by molar-refractivity contribution is 0.281. The van der Waals surface area contributed by atoms with Crippen LogP contribution in [0.1, 0.15) is 28.3 Å². The number of nitriles is 1. The molecule has 0 aliphatic heterocycles. The van der Waals surface area contributed by atoms with Gasteiger partial charge in [0.15, 0.2) is 0 Å². The average molecular weight is 266 g/mol. The van der Waals surface area contributed by atoms with Crippen LogP contribution < -0.4 is 0 Å². The van der Waals surface area contributed by atoms with Gasteiger partial charge >= 0.3 is 0 Å². The van der Waals surface area contributed by atoms with Crippen LogP contribution in [0.2, 0.25) is 0 Å². The smallest absolute Gasteiger partial charge is 0.0991 e. The maximum absolute atomic E-state index is 9.11. The number of hydrogen-bond donors (Lipinski definition) is 1. The fourth-order valence-electron chi connectivity index (χ4n) is 2.33. The molecule has 20 heavy (non-hydrogen) atoms. The Morgan fingerprint density at radius 1 is 1.00 bits per heavy atom. The molecule has 3 nitrogen and oxygen atoms in total. The average Bonchev–Trinajstić information content (AvgIpc) is 2.48. The first-order chi connectivity index (χ1) is 9.65. The summed E-state index contributed by atoms with van der Waals surface area (Å²) in [6.45, 7) is 0.0593. The van der Waals surface area contributed by atoms with Crippen molar-refractivity contribution in [3.05, 3.63) is 70.8 Å². The quantitative estimate of drug-likeness (QED) is 0.925. The van der Waals surface area contributed by atoms with Crippen molar-refractivity contribution in [3.63, 3.8) is 0 Å². The minimum atomic E-state index is 0.0593. The van der Waals surface area contributed by atoms with E-state index in [2.05, 4.69) is 11.0 Å². The Bertz CT molecular complexity index is 594. The largest absolute Gasteiger partial charge is 0.392 e. The number of nitrogens with zero attached hydrogens (tertiary/aromatic N) is 2. The predicted octanol–water partition coefficient (Wildman–Crippen LogP) is 2.70. The van der Waals surface area contributed by atoms with Gasteiger partial charge < -0.3 is 5.11 Å². The molecule has 0 amide bonds. The van der Waals surface area contributed by atoms with Crippen LogP contribution in [0.5, 0.6) is 0 Å². The van der Waals surface area contributed by atoms with E-state index in [0.717, 1.165) is 16.7 Å². The first kappa shape index (κ1) is 14.3. The molecular weight excluding hydrogens is 248 g/mol. The van der Waals surface area contributed by atoms with Crippen LogP contribution in [0.3, 0.4) is 0 Å². The monoisotopic (exact) mass is 266 g/mol. The third-order valence-electron chi connectivity index (χ3n) is 3.35. The molecule has 0 aromatic heterocycles. The van der Waals surface area contributed by atoms with Crippen molar-refractivity contribution < 1.29 is 5.11 Å². The molecule has 0 saturated heterocycles. The van der Waals surface area contributed by atoms with Crippen LogP contribution in [0, 0.1) is 11.3 Å². The Hall–Kier alpha value is -2.15. The van der Waals surface area contributed by atoms with Gasteiger partial charge in [-0.2, -0.15) is 5.26 Å². The van der Waals surface area contributed by atoms with Gasteiger partial charge in [0.05, 0.1) is 24.3 Å². The Morgan fingerprint density at radius 2 is 1.50 bits per heavy atom. The van der Waals surface area contributed by atoms with E-state index in [4.69, 9.17) is 10.4 Å². The second-order valence-corrected chi connectivity index (χ2v) is 5.00. The molecule has 1 N–H and O–H groups in total. The number of benzene rings is 2. The summed E-state index contributed by atoms with van der Waals surface area (Å²) in [5, 5.41) is 18.0. The van der Waals surface area contributed by atoms with E-state index in [-0.39, 0.29) is 12.6 Å². The van der Waals surface area contributed by atoms with Crippen molar-refractivity contribution in [2.75, 3.05) is 14.1 Å². The van der Waals surface area contributed by atoms with Gasteiger partial charge in [0, 0.05) is 0 Å². The summed E-state index contributed by atoms with van der Waals surface area (Å²) in [6.07, 6.45) is 0. The van der Waals surface area contributed by atoms with E-state index < -0.39 is 0 Å². The molecule has 1 unspecified atom stereocenters. The van der Waals surface area contributed by atoms with Gasteiger partial charge in [-0.1, -0.05) is 36.4 Å². The van der Waals surface area contributed by atoms with Gasteiger partial charge in [-0.3, -0.25) is 4.90 Å². The van der Waals surface area contributed by atoms with Crippen molar-refractivity contribution in [1.29, 1.82) is 5.26 Å². The van der Waals surface area contributed by atoms with E-state index in [9.17, 15) is 0 Å². The molecule has 0 aliphatic rings. The number of aliphatic hydroxyl groups is 1. The van der Waals surface area contributed by atoms with Crippen LogP contribution in [0.25, 0.3) is 0 Å². The zero-order valence-electron chi connectivity index (χ0n) is 11.7. The third kappa shape index (κ3) is 3.05. The molecule has 0 saturated carbocycles. The lowest BCUT2D eigenvalue weighted by Crippen LogP contribution is -2.21. The SMILES string of the molecule is CN(C)C(c1ccc(C#N)cc1)c1ccc(CO)cc1. The zero-order chi connectivity index (χ0) is 14.5. The van der Waals surface area contributed by atoms with E-state index in [1.807, 2.05) is 62.6 Å². The topological polar surface area (TPSA) is 47.3 Å². The van der Waals surface area contributed by atoms with Crippen LogP contribution in [0.15, 0.2) is 48.5 Å². The van der Waals surface area contributed by atoms with E-state index in [1.165, 1.54) is 0 Å². The molecule has 0 spiro atoms. The van der Waals surface area contributed by atoms with Crippen LogP contribution in [-0.2, 0) is 6.61 Å². The predicted molar refractivity (Wildman–Crippen MR) is 79.1 cm³/mol. The summed E-state index contributed by atoms with van der Waals surface area (Å²) in [7, 11) is 4.06. The molecular formula is C17H18N2O. The Morgan fingerprint density at radius 3 is 1.90 bits per heavy atom. The Kier molecular flexibility index (Phi) is 4.52. The molecule has 0 radical (unpaired) electrons. The van der Waals surface area contributed by atoms with Gasteiger partial charge in [0.25, 0.3) is 0 Å². The van der Waals surface area contributed by atoms with Crippen molar-refractivity contribution in [2.24, 2.45) is 0 Å². The first-order valence-electron chi connectivity index (χ1n) is 6.52. The molecule has 102 valence electrons. The maximum atomic E-state index is 9.11. The van der Waals surface area contributed by atoms with E-state index >= 15 is 0 Å². The summed E-state index contributed by atoms with van der Waals surface area (Å²) in [6, 6.07) is 17.9. The fourth-order valence-corrected chi connectivity index (χ4v) is 2.33. The van der Waals surface area contributed by atoms with Gasteiger partial charge in [0.2, 0.25) is 0 Å². The number of aliphatic hydroxyl groups excluding tert-OH is 1. The molecule has 0 heterocycles. The third-order valence-corrected chi connectivity index (χ3v) is 3.35. The molecule has 2 aromatic carbocycles. The molecule has 2 aromatic rings. The summed E-state index contributed by atoms with van der Waals surface area (Å²) in [5.41, 5.74) is 3.88. The van der Waals surface area contributed by atoms with Gasteiger partial charge in [0.1, 0.15) is 0 Å². The first-order valence-corrected chi connectivity index (χ1v) is 6.52. The standard InChI is InChI=1S/C17H18N2O/c1-19(2)17(15-7-3-13(11-18)4-8-15)16-9-5-14(12-20)6-10-16/h3-10,17,20H,12H2,1-2H3. The highest BCUT2D eigenvalue weighted by atomic mass is 16.3. The number of rotatable bonds is 4. The van der Waals surface area contributed by atoms with Crippen molar-refractivity contribution >= 4 is 0 Å². The molecule has 0 bridgehead atoms. The molecule has 2 rings (SSSR count). The molecule has 0 fully saturated rings. The summed E-state index contributed by atoms with van der Waals surface area (Å²) in [4.78, 5) is 2.13. The van der Waals surface area contributed by atoms with E-state index in [1.54, 1.807) is 0 Å². The van der Waals surface area contributed by atoms with Gasteiger partial charge in [-0.15, -0.1) is 0 Å². The highest BCUT2D eigenvalue weighted by Crippen LogP contribution is 2.27. The molecule has 1 atom stereocenters. The highest BCUT2D eigenvalue weighted by molar-refractivity contribution is 5.37. The lowest BCUT2D eigenvalue weighted by Gasteiger charge is -2.25. The Labute approximate surface area is 119 Å². The van der Waals surface area contributed by atoms with Gasteiger partial charge in [-0.05, 0) is 42.9 Å². The second kappa shape index (κ2) is 6.33. The summed E-state index contributed by atoms with van der Waals surface area (Å²) >= 11 is 0. The maximum Gasteiger partial charge on any atom is 0.0991 e. The minimum absolute atomic E-state index is 0.0593. The van der Waals surface area contributed by atoms with Crippen LogP contribution >= 0.6 is 0 Å². The normalized spacial score (nSPS) is 12.2. The second-order valence-electron chi connectivity index (χ2n) is 5.00. The van der Waals surface area contributed by atoms with Gasteiger partial charge in [-0.25, -0.2) is 0 Å². The number of hydrogen-bond acceptors (Lipinski definition) is 3. The Balaban J connectivity index is 2.36. The molecule has 0 aliphatic carbocycles. The lowest BCUT2D eigenvalue weighted by atomic mass is 9.96. The van der Waals surface area contributed by atoms with Crippen LogP contribution in [0.4, 0.5) is 0 Å².